The third kappa shape index (κ3) is 3.82. The lowest BCUT2D eigenvalue weighted by molar-refractivity contribution is 0.0760. The van der Waals surface area contributed by atoms with Crippen LogP contribution in [-0.4, -0.2) is 23.0 Å². The summed E-state index contributed by atoms with van der Waals surface area (Å²) in [5.41, 5.74) is 4.33. The fourth-order valence-corrected chi connectivity index (χ4v) is 5.78. The number of likely N-dealkylation sites (tertiary alicyclic amines) is 1. The van der Waals surface area contributed by atoms with E-state index in [-0.39, 0.29) is 0 Å². The third-order valence-electron chi connectivity index (χ3n) is 7.17. The second-order valence-corrected chi connectivity index (χ2v) is 8.95. The van der Waals surface area contributed by atoms with Gasteiger partial charge in [-0.3, -0.25) is 4.90 Å². The van der Waals surface area contributed by atoms with Crippen molar-refractivity contribution in [2.45, 2.75) is 62.8 Å². The number of hydrogen-bond acceptors (Lipinski definition) is 2. The number of aryl methyl sites for hydroxylation is 1. The van der Waals surface area contributed by atoms with Crippen LogP contribution in [0.15, 0.2) is 91.0 Å². The summed E-state index contributed by atoms with van der Waals surface area (Å²) in [7, 11) is 0. The van der Waals surface area contributed by atoms with Gasteiger partial charge in [0.2, 0.25) is 0 Å². The molecule has 0 aromatic heterocycles. The second kappa shape index (κ2) is 8.75. The molecule has 2 fully saturated rings. The molecule has 0 radical (unpaired) electrons. The molecule has 5 rings (SSSR count). The van der Waals surface area contributed by atoms with Gasteiger partial charge in [-0.05, 0) is 49.3 Å². The van der Waals surface area contributed by atoms with Gasteiger partial charge in [0.05, 0.1) is 6.04 Å². The number of nitrogens with one attached hydrogen (secondary N) is 1. The molecule has 30 heavy (non-hydrogen) atoms. The molecule has 3 aromatic rings. The van der Waals surface area contributed by atoms with Crippen LogP contribution in [0.3, 0.4) is 0 Å². The van der Waals surface area contributed by atoms with E-state index in [1.807, 2.05) is 0 Å². The minimum Gasteiger partial charge on any atom is -0.308 e. The Morgan fingerprint density at radius 3 is 2.20 bits per heavy atom. The number of hydrogen-bond donors (Lipinski definition) is 1. The van der Waals surface area contributed by atoms with Crippen LogP contribution in [0.4, 0.5) is 0 Å². The van der Waals surface area contributed by atoms with Gasteiger partial charge in [-0.15, -0.1) is 0 Å². The molecule has 154 valence electrons. The molecule has 2 aliphatic heterocycles. The molecule has 2 saturated heterocycles. The van der Waals surface area contributed by atoms with Gasteiger partial charge in [0.1, 0.15) is 0 Å². The predicted octanol–water partition coefficient (Wildman–Crippen LogP) is 5.93. The van der Waals surface area contributed by atoms with Crippen LogP contribution in [0.2, 0.25) is 0 Å². The Labute approximate surface area is 180 Å². The van der Waals surface area contributed by atoms with Crippen LogP contribution in [0, 0.1) is 0 Å². The van der Waals surface area contributed by atoms with Crippen molar-refractivity contribution in [2.24, 2.45) is 0 Å². The number of fused-ring (bicyclic) bond motifs is 2. The molecular weight excluding hydrogens is 364 g/mol. The lowest BCUT2D eigenvalue weighted by Gasteiger charge is -2.44. The third-order valence-corrected chi connectivity index (χ3v) is 7.17. The van der Waals surface area contributed by atoms with E-state index in [2.05, 4.69) is 108 Å². The first-order valence-corrected chi connectivity index (χ1v) is 11.5. The average molecular weight is 397 g/mol. The predicted molar refractivity (Wildman–Crippen MR) is 124 cm³/mol. The quantitative estimate of drug-likeness (QED) is 0.533. The Hall–Kier alpha value is -2.42. The lowest BCUT2D eigenvalue weighted by atomic mass is 9.94. The summed E-state index contributed by atoms with van der Waals surface area (Å²) >= 11 is 0. The van der Waals surface area contributed by atoms with Crippen LogP contribution in [-0.2, 0) is 6.42 Å². The molecule has 5 atom stereocenters. The Balaban J connectivity index is 1.35. The molecule has 0 amide bonds. The SMILES string of the molecule is C[C@H](c1ccccc1)N1C2CC(NC2CCCc2ccccc2)C1c1ccccc1. The first kappa shape index (κ1) is 19.5. The maximum atomic E-state index is 4.02. The summed E-state index contributed by atoms with van der Waals surface area (Å²) in [6, 6.07) is 35.7. The van der Waals surface area contributed by atoms with E-state index in [0.717, 1.165) is 0 Å². The molecular formula is C28H32N2. The van der Waals surface area contributed by atoms with Crippen molar-refractivity contribution in [1.29, 1.82) is 0 Å². The van der Waals surface area contributed by atoms with Gasteiger partial charge in [-0.1, -0.05) is 91.0 Å². The molecule has 2 nitrogen and oxygen atoms in total. The normalized spacial score (nSPS) is 26.7. The summed E-state index contributed by atoms with van der Waals surface area (Å²) in [6.07, 6.45) is 4.92. The Kier molecular flexibility index (Phi) is 5.70. The van der Waals surface area contributed by atoms with Gasteiger partial charge in [0.15, 0.2) is 0 Å². The molecule has 2 aliphatic rings. The van der Waals surface area contributed by atoms with Crippen molar-refractivity contribution in [3.63, 3.8) is 0 Å². The van der Waals surface area contributed by atoms with E-state index in [1.54, 1.807) is 0 Å². The second-order valence-electron chi connectivity index (χ2n) is 8.95. The minimum absolute atomic E-state index is 0.421. The molecule has 3 aromatic carbocycles. The molecule has 0 aliphatic carbocycles. The first-order chi connectivity index (χ1) is 14.8. The molecule has 2 bridgehead atoms. The van der Waals surface area contributed by atoms with E-state index >= 15 is 0 Å². The summed E-state index contributed by atoms with van der Waals surface area (Å²) in [5.74, 6) is 0. The summed E-state index contributed by atoms with van der Waals surface area (Å²) in [6.45, 7) is 2.40. The van der Waals surface area contributed by atoms with Crippen molar-refractivity contribution in [3.05, 3.63) is 108 Å². The fourth-order valence-electron chi connectivity index (χ4n) is 5.78. The number of rotatable bonds is 7. The van der Waals surface area contributed by atoms with Crippen LogP contribution < -0.4 is 5.32 Å². The van der Waals surface area contributed by atoms with Crippen LogP contribution in [0.5, 0.6) is 0 Å². The molecule has 2 heterocycles. The van der Waals surface area contributed by atoms with Gasteiger partial charge < -0.3 is 5.32 Å². The first-order valence-electron chi connectivity index (χ1n) is 11.5. The van der Waals surface area contributed by atoms with E-state index in [4.69, 9.17) is 0 Å². The summed E-state index contributed by atoms with van der Waals surface area (Å²) in [4.78, 5) is 2.82. The maximum absolute atomic E-state index is 4.02. The minimum atomic E-state index is 0.421. The Morgan fingerprint density at radius 2 is 1.50 bits per heavy atom. The number of piperazine rings is 1. The van der Waals surface area contributed by atoms with Crippen molar-refractivity contribution in [2.75, 3.05) is 0 Å². The topological polar surface area (TPSA) is 15.3 Å². The summed E-state index contributed by atoms with van der Waals surface area (Å²) < 4.78 is 0. The van der Waals surface area contributed by atoms with E-state index in [1.165, 1.54) is 42.4 Å². The van der Waals surface area contributed by atoms with E-state index < -0.39 is 0 Å². The van der Waals surface area contributed by atoms with E-state index in [0.29, 0.717) is 30.2 Å². The maximum Gasteiger partial charge on any atom is 0.0511 e. The summed E-state index contributed by atoms with van der Waals surface area (Å²) in [5, 5.41) is 4.02. The van der Waals surface area contributed by atoms with Crippen molar-refractivity contribution < 1.29 is 0 Å². The van der Waals surface area contributed by atoms with Crippen LogP contribution >= 0.6 is 0 Å². The standard InChI is InChI=1S/C28H32N2/c1-21(23-15-7-3-8-16-23)30-27-20-26(28(30)24-17-9-4-10-18-24)29-25(27)19-11-14-22-12-5-2-6-13-22/h2-10,12-13,15-18,21,25-29H,11,14,19-20H2,1H3/t21-,25?,26?,27?,28?/m1/s1. The van der Waals surface area contributed by atoms with Gasteiger partial charge in [-0.25, -0.2) is 0 Å². The number of nitrogens with zero attached hydrogens (tertiary/aromatic N) is 1. The Bertz CT molecular complexity index is 925. The Morgan fingerprint density at radius 1 is 0.867 bits per heavy atom. The molecule has 0 saturated carbocycles. The van der Waals surface area contributed by atoms with Crippen molar-refractivity contribution >= 4 is 0 Å². The van der Waals surface area contributed by atoms with E-state index in [9.17, 15) is 0 Å². The average Bonchev–Trinajstić information content (AvgIpc) is 3.39. The van der Waals surface area contributed by atoms with Gasteiger partial charge in [0.25, 0.3) is 0 Å². The van der Waals surface area contributed by atoms with Crippen LogP contribution in [0.25, 0.3) is 0 Å². The largest absolute Gasteiger partial charge is 0.308 e. The molecule has 4 unspecified atom stereocenters. The zero-order chi connectivity index (χ0) is 20.3. The zero-order valence-electron chi connectivity index (χ0n) is 17.8. The number of benzene rings is 3. The molecule has 2 heteroatoms. The van der Waals surface area contributed by atoms with Crippen LogP contribution in [0.1, 0.15) is 55.0 Å². The monoisotopic (exact) mass is 396 g/mol. The highest BCUT2D eigenvalue weighted by atomic mass is 15.3. The van der Waals surface area contributed by atoms with Gasteiger partial charge >= 0.3 is 0 Å². The lowest BCUT2D eigenvalue weighted by Crippen LogP contribution is -2.53. The van der Waals surface area contributed by atoms with Gasteiger partial charge in [0, 0.05) is 24.2 Å². The van der Waals surface area contributed by atoms with Crippen molar-refractivity contribution in [3.8, 4) is 0 Å². The molecule has 1 N–H and O–H groups in total. The van der Waals surface area contributed by atoms with Crippen molar-refractivity contribution in [1.82, 2.24) is 10.2 Å². The zero-order valence-corrected chi connectivity index (χ0v) is 17.8. The highest BCUT2D eigenvalue weighted by Gasteiger charge is 2.52. The highest BCUT2D eigenvalue weighted by Crippen LogP contribution is 2.47. The smallest absolute Gasteiger partial charge is 0.0511 e. The molecule has 0 spiro atoms. The fraction of sp³-hybridized carbons (Fsp3) is 0.357. The van der Waals surface area contributed by atoms with Gasteiger partial charge in [-0.2, -0.15) is 0 Å². The highest BCUT2D eigenvalue weighted by molar-refractivity contribution is 5.29.